The number of amides is 1. The van der Waals surface area contributed by atoms with Gasteiger partial charge in [-0.05, 0) is 79.2 Å². The Morgan fingerprint density at radius 1 is 1.08 bits per heavy atom. The lowest BCUT2D eigenvalue weighted by atomic mass is 9.81. The molecule has 2 heterocycles. The van der Waals surface area contributed by atoms with Gasteiger partial charge in [0.2, 0.25) is 15.7 Å². The van der Waals surface area contributed by atoms with Crippen molar-refractivity contribution in [1.82, 2.24) is 20.2 Å². The molecule has 0 saturated heterocycles. The number of tetrazole rings is 1. The summed E-state index contributed by atoms with van der Waals surface area (Å²) in [5, 5.41) is 20.1. The molecule has 0 spiro atoms. The van der Waals surface area contributed by atoms with E-state index in [0.717, 1.165) is 30.6 Å². The van der Waals surface area contributed by atoms with Crippen LogP contribution in [0.1, 0.15) is 93.6 Å². The van der Waals surface area contributed by atoms with Gasteiger partial charge in [0.1, 0.15) is 4.88 Å². The number of aromatic carboxylic acids is 1. The van der Waals surface area contributed by atoms with E-state index in [9.17, 15) is 23.1 Å². The average Bonchev–Trinajstić information content (AvgIpc) is 3.47. The van der Waals surface area contributed by atoms with Crippen molar-refractivity contribution in [3.63, 3.8) is 0 Å². The van der Waals surface area contributed by atoms with Gasteiger partial charge in [-0.2, -0.15) is 0 Å². The number of rotatable bonds is 6. The van der Waals surface area contributed by atoms with E-state index < -0.39 is 21.1 Å². The van der Waals surface area contributed by atoms with Crippen LogP contribution in [0.3, 0.4) is 0 Å². The summed E-state index contributed by atoms with van der Waals surface area (Å²) in [6.45, 7) is 8.28. The van der Waals surface area contributed by atoms with Crippen LogP contribution in [0.4, 0.5) is 5.69 Å². The molecule has 0 aliphatic heterocycles. The molecule has 0 unspecified atom stereocenters. The molecule has 0 radical (unpaired) electrons. The summed E-state index contributed by atoms with van der Waals surface area (Å²) in [6, 6.07) is 1.60. The second kappa shape index (κ2) is 10.4. The third-order valence-electron chi connectivity index (χ3n) is 7.79. The number of nitrogens with zero attached hydrogens (tertiary/aromatic N) is 5. The number of aromatic nitrogens is 4. The molecule has 4 rings (SSSR count). The smallest absolute Gasteiger partial charge is 0.348 e. The molecule has 37 heavy (non-hydrogen) atoms. The highest BCUT2D eigenvalue weighted by molar-refractivity contribution is 7.91. The van der Waals surface area contributed by atoms with E-state index in [1.54, 1.807) is 4.90 Å². The van der Waals surface area contributed by atoms with Crippen molar-refractivity contribution in [1.29, 1.82) is 0 Å². The minimum Gasteiger partial charge on any atom is -0.477 e. The second-order valence-electron chi connectivity index (χ2n) is 11.6. The largest absolute Gasteiger partial charge is 0.477 e. The van der Waals surface area contributed by atoms with Crippen LogP contribution in [0.15, 0.2) is 11.2 Å². The molecule has 1 amide bonds. The van der Waals surface area contributed by atoms with E-state index in [2.05, 4.69) is 22.4 Å². The Morgan fingerprint density at radius 3 is 2.22 bits per heavy atom. The molecule has 12 heteroatoms. The van der Waals surface area contributed by atoms with Gasteiger partial charge in [-0.3, -0.25) is 4.79 Å². The number of carbonyl (C=O) groups is 2. The van der Waals surface area contributed by atoms with Crippen molar-refractivity contribution < 1.29 is 23.1 Å². The molecule has 2 aliphatic rings. The summed E-state index contributed by atoms with van der Waals surface area (Å²) >= 11 is 1.22. The summed E-state index contributed by atoms with van der Waals surface area (Å²) < 4.78 is 27.5. The minimum absolute atomic E-state index is 0.0310. The summed E-state index contributed by atoms with van der Waals surface area (Å²) in [7, 11) is -2.21. The zero-order valence-electron chi connectivity index (χ0n) is 22.2. The van der Waals surface area contributed by atoms with Gasteiger partial charge < -0.3 is 10.0 Å². The zero-order chi connectivity index (χ0) is 27.1. The van der Waals surface area contributed by atoms with Crippen molar-refractivity contribution in [3.05, 3.63) is 15.8 Å². The van der Waals surface area contributed by atoms with Gasteiger partial charge in [0.25, 0.3) is 5.16 Å². The number of hydrogen-bond acceptors (Lipinski definition) is 8. The Bertz CT molecular complexity index is 1250. The SMILES string of the molecule is Cn1nnnc1S(=O)(=O)[C@H]1CC[C@H](N(c2cc(C(C)(C)C)sc2C(=O)O)C(=O)[C@H]2CC[C@H](C)CC2)CC1. The first kappa shape index (κ1) is 27.7. The van der Waals surface area contributed by atoms with Gasteiger partial charge in [-0.15, -0.1) is 11.3 Å². The van der Waals surface area contributed by atoms with Gasteiger partial charge >= 0.3 is 5.97 Å². The van der Waals surface area contributed by atoms with Crippen molar-refractivity contribution in [2.75, 3.05) is 4.90 Å². The molecule has 0 bridgehead atoms. The number of thiophene rings is 1. The lowest BCUT2D eigenvalue weighted by molar-refractivity contribution is -0.124. The highest BCUT2D eigenvalue weighted by Gasteiger charge is 2.41. The zero-order valence-corrected chi connectivity index (χ0v) is 23.8. The number of carbonyl (C=O) groups excluding carboxylic acids is 1. The molecule has 0 aromatic carbocycles. The first-order valence-corrected chi connectivity index (χ1v) is 15.3. The quantitative estimate of drug-likeness (QED) is 0.564. The topological polar surface area (TPSA) is 135 Å². The molecule has 2 aromatic heterocycles. The normalized spacial score (nSPS) is 25.1. The Balaban J connectivity index is 1.66. The van der Waals surface area contributed by atoms with Crippen molar-refractivity contribution in [3.8, 4) is 0 Å². The Hall–Kier alpha value is -2.34. The highest BCUT2D eigenvalue weighted by Crippen LogP contribution is 2.42. The number of aryl methyl sites for hydroxylation is 1. The predicted molar refractivity (Wildman–Crippen MR) is 141 cm³/mol. The summed E-state index contributed by atoms with van der Waals surface area (Å²) in [6.07, 6.45) is 5.16. The molecule has 2 aromatic rings. The number of carboxylic acids is 1. The Labute approximate surface area is 222 Å². The third-order valence-corrected chi connectivity index (χ3v) is 11.5. The lowest BCUT2D eigenvalue weighted by Gasteiger charge is -2.39. The number of anilines is 1. The van der Waals surface area contributed by atoms with E-state index in [4.69, 9.17) is 0 Å². The van der Waals surface area contributed by atoms with Gasteiger partial charge in [0.15, 0.2) is 0 Å². The van der Waals surface area contributed by atoms with Gasteiger partial charge in [0.05, 0.1) is 10.9 Å². The molecule has 10 nitrogen and oxygen atoms in total. The van der Waals surface area contributed by atoms with Crippen LogP contribution >= 0.6 is 11.3 Å². The molecule has 204 valence electrons. The lowest BCUT2D eigenvalue weighted by Crippen LogP contribution is -2.47. The van der Waals surface area contributed by atoms with Crippen LogP contribution in [0.2, 0.25) is 0 Å². The average molecular weight is 552 g/mol. The van der Waals surface area contributed by atoms with Crippen molar-refractivity contribution in [2.45, 2.75) is 101 Å². The summed E-state index contributed by atoms with van der Waals surface area (Å²) in [5.74, 6) is -0.647. The fourth-order valence-corrected chi connectivity index (χ4v) is 8.30. The minimum atomic E-state index is -3.72. The number of sulfone groups is 1. The third kappa shape index (κ3) is 5.59. The maximum atomic E-state index is 14.0. The van der Waals surface area contributed by atoms with Gasteiger partial charge in [-0.1, -0.05) is 32.8 Å². The standard InChI is InChI=1S/C25H37N5O5S2/c1-15-6-8-16(9-7-15)22(31)30(19-14-20(25(2,3)4)36-21(19)23(32)33)17-10-12-18(13-11-17)37(34,35)24-26-27-28-29(24)5/h14-18H,6-13H2,1-5H3,(H,32,33)/t15-,16-,17-,18-. The molecule has 2 fully saturated rings. The molecule has 0 atom stereocenters. The molecule has 2 aliphatic carbocycles. The van der Waals surface area contributed by atoms with Crippen LogP contribution in [0.25, 0.3) is 0 Å². The number of carboxylic acid groups (broad SMARTS) is 1. The van der Waals surface area contributed by atoms with E-state index in [-0.39, 0.29) is 33.3 Å². The fourth-order valence-electron chi connectivity index (χ4n) is 5.51. The van der Waals surface area contributed by atoms with E-state index in [1.807, 2.05) is 26.8 Å². The Kier molecular flexibility index (Phi) is 7.81. The fraction of sp³-hybridized carbons (Fsp3) is 0.720. The second-order valence-corrected chi connectivity index (χ2v) is 14.8. The van der Waals surface area contributed by atoms with Crippen LogP contribution in [-0.2, 0) is 27.1 Å². The van der Waals surface area contributed by atoms with Crippen molar-refractivity contribution in [2.24, 2.45) is 18.9 Å². The van der Waals surface area contributed by atoms with E-state index >= 15 is 0 Å². The summed E-state index contributed by atoms with van der Waals surface area (Å²) in [5.41, 5.74) is 0.188. The van der Waals surface area contributed by atoms with Crippen LogP contribution in [0, 0.1) is 11.8 Å². The monoisotopic (exact) mass is 551 g/mol. The van der Waals surface area contributed by atoms with Crippen LogP contribution in [-0.4, -0.2) is 56.9 Å². The first-order chi connectivity index (χ1) is 17.3. The Morgan fingerprint density at radius 2 is 1.70 bits per heavy atom. The van der Waals surface area contributed by atoms with Gasteiger partial charge in [-0.25, -0.2) is 17.9 Å². The number of hydrogen-bond donors (Lipinski definition) is 1. The first-order valence-electron chi connectivity index (χ1n) is 13.0. The maximum Gasteiger partial charge on any atom is 0.348 e. The van der Waals surface area contributed by atoms with E-state index in [1.165, 1.54) is 23.1 Å². The molecular formula is C25H37N5O5S2. The predicted octanol–water partition coefficient (Wildman–Crippen LogP) is 4.21. The molecule has 1 N–H and O–H groups in total. The summed E-state index contributed by atoms with van der Waals surface area (Å²) in [4.78, 5) is 29.1. The van der Waals surface area contributed by atoms with E-state index in [0.29, 0.717) is 37.3 Å². The highest BCUT2D eigenvalue weighted by atomic mass is 32.2. The van der Waals surface area contributed by atoms with Crippen LogP contribution < -0.4 is 4.90 Å². The van der Waals surface area contributed by atoms with Gasteiger partial charge in [0, 0.05) is 23.9 Å². The van der Waals surface area contributed by atoms with Crippen molar-refractivity contribution >= 4 is 38.7 Å². The van der Waals surface area contributed by atoms with Crippen LogP contribution in [0.5, 0.6) is 0 Å². The molecule has 2 saturated carbocycles. The molecular weight excluding hydrogens is 514 g/mol. The maximum absolute atomic E-state index is 14.0.